The van der Waals surface area contributed by atoms with Crippen LogP contribution >= 0.6 is 12.4 Å². The number of nitrogens with zero attached hydrogens (tertiary/aromatic N) is 2. The molecule has 20 heavy (non-hydrogen) atoms. The summed E-state index contributed by atoms with van der Waals surface area (Å²) in [7, 11) is 0. The fourth-order valence-electron chi connectivity index (χ4n) is 2.79. The summed E-state index contributed by atoms with van der Waals surface area (Å²) in [5, 5.41) is 8.76. The summed E-state index contributed by atoms with van der Waals surface area (Å²) in [6.07, 6.45) is 0. The van der Waals surface area contributed by atoms with Crippen molar-refractivity contribution in [3.63, 3.8) is 0 Å². The lowest BCUT2D eigenvalue weighted by Crippen LogP contribution is -2.22. The first-order valence-corrected chi connectivity index (χ1v) is 6.54. The van der Waals surface area contributed by atoms with Gasteiger partial charge in [-0.15, -0.1) is 12.4 Å². The summed E-state index contributed by atoms with van der Waals surface area (Å²) in [6, 6.07) is 12.2. The number of halogens is 1. The molecule has 0 spiro atoms. The highest BCUT2D eigenvalue weighted by atomic mass is 35.5. The molecule has 1 aromatic carbocycles. The minimum Gasteiger partial charge on any atom is -0.359 e. The van der Waals surface area contributed by atoms with Crippen molar-refractivity contribution >= 4 is 12.4 Å². The molecule has 0 atom stereocenters. The summed E-state index contributed by atoms with van der Waals surface area (Å²) < 4.78 is 6.09. The Morgan fingerprint density at radius 1 is 0.900 bits per heavy atom. The van der Waals surface area contributed by atoms with Crippen molar-refractivity contribution in [2.75, 3.05) is 0 Å². The molecule has 3 nitrogen and oxygen atoms in total. The monoisotopic (exact) mass is 290 g/mol. The van der Waals surface area contributed by atoms with Gasteiger partial charge < -0.3 is 4.74 Å². The first-order valence-electron chi connectivity index (χ1n) is 6.54. The largest absolute Gasteiger partial charge is 0.359 e. The summed E-state index contributed by atoms with van der Waals surface area (Å²) >= 11 is 0. The maximum Gasteiger partial charge on any atom is 0.108 e. The molecule has 0 radical (unpaired) electrons. The number of benzene rings is 1. The molecule has 0 fully saturated rings. The second kappa shape index (κ2) is 4.83. The van der Waals surface area contributed by atoms with Crippen molar-refractivity contribution in [2.45, 2.75) is 38.9 Å². The van der Waals surface area contributed by atoms with Crippen molar-refractivity contribution in [2.24, 2.45) is 0 Å². The number of aromatic nitrogens is 2. The molecular formula is C16H19ClN2O. The fraction of sp³-hybridized carbons (Fsp3) is 0.375. The Morgan fingerprint density at radius 2 is 1.55 bits per heavy atom. The molecule has 4 heteroatoms. The first-order chi connectivity index (χ1) is 8.90. The predicted molar refractivity (Wildman–Crippen MR) is 81.9 cm³/mol. The van der Waals surface area contributed by atoms with Crippen LogP contribution in [0.5, 0.6) is 0 Å². The lowest BCUT2D eigenvalue weighted by molar-refractivity contribution is -0.106. The molecule has 0 amide bonds. The van der Waals surface area contributed by atoms with Crippen LogP contribution in [0.4, 0.5) is 0 Å². The number of hydrogen-bond acceptors (Lipinski definition) is 3. The van der Waals surface area contributed by atoms with Gasteiger partial charge in [-0.05, 0) is 33.8 Å². The van der Waals surface area contributed by atoms with E-state index in [-0.39, 0.29) is 23.6 Å². The summed E-state index contributed by atoms with van der Waals surface area (Å²) in [5.74, 6) is 0. The third-order valence-corrected chi connectivity index (χ3v) is 3.59. The molecule has 3 rings (SSSR count). The van der Waals surface area contributed by atoms with E-state index in [1.54, 1.807) is 0 Å². The van der Waals surface area contributed by atoms with Crippen LogP contribution < -0.4 is 0 Å². The van der Waals surface area contributed by atoms with Gasteiger partial charge in [0.25, 0.3) is 0 Å². The molecule has 0 N–H and O–H groups in total. The Kier molecular flexibility index (Phi) is 3.61. The maximum absolute atomic E-state index is 6.09. The molecule has 2 heterocycles. The first kappa shape index (κ1) is 14.9. The van der Waals surface area contributed by atoms with Crippen molar-refractivity contribution in [1.82, 2.24) is 10.2 Å². The normalized spacial score (nSPS) is 18.2. The molecule has 1 aliphatic heterocycles. The van der Waals surface area contributed by atoms with Crippen LogP contribution in [0.25, 0.3) is 11.3 Å². The lowest BCUT2D eigenvalue weighted by atomic mass is 9.94. The molecular weight excluding hydrogens is 272 g/mol. The topological polar surface area (TPSA) is 35.0 Å². The van der Waals surface area contributed by atoms with Crippen LogP contribution in [0.3, 0.4) is 0 Å². The van der Waals surface area contributed by atoms with Gasteiger partial charge in [-0.25, -0.2) is 0 Å². The van der Waals surface area contributed by atoms with E-state index < -0.39 is 0 Å². The highest BCUT2D eigenvalue weighted by Gasteiger charge is 2.44. The average molecular weight is 291 g/mol. The molecule has 0 unspecified atom stereocenters. The molecule has 0 bridgehead atoms. The summed E-state index contributed by atoms with van der Waals surface area (Å²) in [4.78, 5) is 0. The number of ether oxygens (including phenoxy) is 1. The zero-order valence-corrected chi connectivity index (χ0v) is 13.0. The number of hydrogen-bond donors (Lipinski definition) is 0. The Balaban J connectivity index is 0.00000147. The van der Waals surface area contributed by atoms with E-state index in [1.807, 2.05) is 44.2 Å². The standard InChI is InChI=1S/C16H18N2O.ClH/c1-15(2)12-10-13(11-8-6-5-7-9-11)17-18-14(12)16(3,4)19-15;/h5-10H,1-4H3;1H. The number of fused-ring (bicyclic) bond motifs is 1. The van der Waals surface area contributed by atoms with Crippen LogP contribution in [0.15, 0.2) is 36.4 Å². The Bertz CT molecular complexity index is 624. The zero-order valence-electron chi connectivity index (χ0n) is 12.2. The van der Waals surface area contributed by atoms with E-state index in [1.165, 1.54) is 0 Å². The van der Waals surface area contributed by atoms with Crippen LogP contribution in [0, 0.1) is 0 Å². The number of rotatable bonds is 1. The average Bonchev–Trinajstić information content (AvgIpc) is 2.56. The minimum absolute atomic E-state index is 0. The van der Waals surface area contributed by atoms with Crippen molar-refractivity contribution in [3.05, 3.63) is 47.7 Å². The predicted octanol–water partition coefficient (Wildman–Crippen LogP) is 4.07. The van der Waals surface area contributed by atoms with E-state index in [9.17, 15) is 0 Å². The van der Waals surface area contributed by atoms with Gasteiger partial charge in [0.15, 0.2) is 0 Å². The SMILES string of the molecule is CC1(C)OC(C)(C)c2nnc(-c3ccccc3)cc21.Cl. The molecule has 0 saturated carbocycles. The van der Waals surface area contributed by atoms with Crippen molar-refractivity contribution in [3.8, 4) is 11.3 Å². The van der Waals surface area contributed by atoms with E-state index in [0.29, 0.717) is 0 Å². The smallest absolute Gasteiger partial charge is 0.108 e. The zero-order chi connectivity index (χ0) is 13.7. The van der Waals surface area contributed by atoms with Crippen LogP contribution in [-0.2, 0) is 15.9 Å². The van der Waals surface area contributed by atoms with Crippen LogP contribution in [0.2, 0.25) is 0 Å². The van der Waals surface area contributed by atoms with Gasteiger partial charge in [0, 0.05) is 11.1 Å². The molecule has 2 aromatic rings. The van der Waals surface area contributed by atoms with E-state index in [0.717, 1.165) is 22.5 Å². The van der Waals surface area contributed by atoms with Gasteiger partial charge in [-0.3, -0.25) is 0 Å². The minimum atomic E-state index is -0.374. The van der Waals surface area contributed by atoms with E-state index in [2.05, 4.69) is 30.1 Å². The van der Waals surface area contributed by atoms with Gasteiger partial charge >= 0.3 is 0 Å². The van der Waals surface area contributed by atoms with E-state index in [4.69, 9.17) is 4.74 Å². The highest BCUT2D eigenvalue weighted by molar-refractivity contribution is 5.85. The van der Waals surface area contributed by atoms with Gasteiger partial charge in [0.1, 0.15) is 11.3 Å². The van der Waals surface area contributed by atoms with Gasteiger partial charge in [0.05, 0.1) is 11.3 Å². The highest BCUT2D eigenvalue weighted by Crippen LogP contribution is 2.45. The Morgan fingerprint density at radius 3 is 2.20 bits per heavy atom. The summed E-state index contributed by atoms with van der Waals surface area (Å²) in [5.41, 5.74) is 3.36. The third-order valence-electron chi connectivity index (χ3n) is 3.59. The molecule has 1 aliphatic rings. The molecule has 106 valence electrons. The molecule has 1 aromatic heterocycles. The Hall–Kier alpha value is -1.45. The quantitative estimate of drug-likeness (QED) is 0.794. The summed E-state index contributed by atoms with van der Waals surface area (Å²) in [6.45, 7) is 8.24. The van der Waals surface area contributed by atoms with Crippen molar-refractivity contribution in [1.29, 1.82) is 0 Å². The van der Waals surface area contributed by atoms with Crippen LogP contribution in [0.1, 0.15) is 39.0 Å². The van der Waals surface area contributed by atoms with E-state index >= 15 is 0 Å². The lowest BCUT2D eigenvalue weighted by Gasteiger charge is -2.23. The fourth-order valence-corrected chi connectivity index (χ4v) is 2.79. The van der Waals surface area contributed by atoms with Gasteiger partial charge in [-0.2, -0.15) is 10.2 Å². The van der Waals surface area contributed by atoms with Gasteiger partial charge in [-0.1, -0.05) is 30.3 Å². The Labute approximate surface area is 125 Å². The second-order valence-corrected chi connectivity index (χ2v) is 5.98. The maximum atomic E-state index is 6.09. The second-order valence-electron chi connectivity index (χ2n) is 5.98. The molecule has 0 aliphatic carbocycles. The van der Waals surface area contributed by atoms with Crippen molar-refractivity contribution < 1.29 is 4.74 Å². The van der Waals surface area contributed by atoms with Crippen LogP contribution in [-0.4, -0.2) is 10.2 Å². The van der Waals surface area contributed by atoms with Gasteiger partial charge in [0.2, 0.25) is 0 Å². The molecule has 0 saturated heterocycles. The third kappa shape index (κ3) is 2.32.